The van der Waals surface area contributed by atoms with Crippen LogP contribution in [-0.2, 0) is 0 Å². The smallest absolute Gasteiger partial charge is 0.255 e. The van der Waals surface area contributed by atoms with Crippen molar-refractivity contribution in [2.45, 2.75) is 32.9 Å². The molecule has 6 nitrogen and oxygen atoms in total. The van der Waals surface area contributed by atoms with Crippen LogP contribution < -0.4 is 10.6 Å². The van der Waals surface area contributed by atoms with Crippen LogP contribution >= 0.6 is 0 Å². The Kier molecular flexibility index (Phi) is 6.33. The predicted octanol–water partition coefficient (Wildman–Crippen LogP) is 4.48. The molecule has 0 unspecified atom stereocenters. The number of halogens is 3. The monoisotopic (exact) mass is 430 g/mol. The molecule has 3 aromatic rings. The molecule has 3 heterocycles. The highest BCUT2D eigenvalue weighted by molar-refractivity contribution is 5.83. The fourth-order valence-corrected chi connectivity index (χ4v) is 2.99. The van der Waals surface area contributed by atoms with Crippen molar-refractivity contribution in [3.05, 3.63) is 66.3 Å². The van der Waals surface area contributed by atoms with Crippen LogP contribution in [0.25, 0.3) is 16.8 Å². The van der Waals surface area contributed by atoms with Crippen molar-refractivity contribution in [3.8, 4) is 0 Å². The molecule has 0 aliphatic rings. The molecule has 0 saturated carbocycles. The summed E-state index contributed by atoms with van der Waals surface area (Å²) in [5, 5.41) is 9.75. The van der Waals surface area contributed by atoms with E-state index in [0.717, 1.165) is 11.1 Å². The molecule has 2 N–H and O–H groups in total. The van der Waals surface area contributed by atoms with E-state index >= 15 is 0 Å². The summed E-state index contributed by atoms with van der Waals surface area (Å²) in [5.74, 6) is 0.342. The number of pyridine rings is 1. The number of nitrogens with one attached hydrogen (secondary N) is 2. The molecule has 0 aliphatic carbocycles. The van der Waals surface area contributed by atoms with Gasteiger partial charge < -0.3 is 10.6 Å². The molecule has 9 heteroatoms. The summed E-state index contributed by atoms with van der Waals surface area (Å²) in [4.78, 5) is 8.66. The standard InChI is InChI=1S/C22H25F3N6/c1-13(17-9-27-21(30-15(17)3)28-12-22(4,5)25)16-6-7-31-19(8-16)18(10-29-31)14(2)26-11-20(23)24/h6-10,20,26H,1-2,11-12H2,3-5H3,(H,27,28,30). The van der Waals surface area contributed by atoms with Crippen LogP contribution in [0.3, 0.4) is 0 Å². The minimum Gasteiger partial charge on any atom is -0.379 e. The minimum atomic E-state index is -2.48. The second-order valence-corrected chi connectivity index (χ2v) is 7.80. The SMILES string of the molecule is C=C(c1ccn2ncc(C(=C)NCC(F)F)c2c1)c1cnc(NCC(C)(C)F)nc1C. The van der Waals surface area contributed by atoms with E-state index in [9.17, 15) is 13.2 Å². The Morgan fingerprint density at radius 1 is 1.23 bits per heavy atom. The van der Waals surface area contributed by atoms with Crippen LogP contribution in [-0.4, -0.2) is 44.8 Å². The lowest BCUT2D eigenvalue weighted by Gasteiger charge is -2.16. The molecule has 0 radical (unpaired) electrons. The van der Waals surface area contributed by atoms with Gasteiger partial charge in [0, 0.05) is 29.2 Å². The summed E-state index contributed by atoms with van der Waals surface area (Å²) < 4.78 is 40.4. The minimum absolute atomic E-state index is 0.0941. The molecule has 0 saturated heterocycles. The van der Waals surface area contributed by atoms with Gasteiger partial charge in [0.15, 0.2) is 0 Å². The highest BCUT2D eigenvalue weighted by Gasteiger charge is 2.17. The summed E-state index contributed by atoms with van der Waals surface area (Å²) in [6.07, 6.45) is 2.49. The molecule has 0 amide bonds. The number of alkyl halides is 3. The topological polar surface area (TPSA) is 67.1 Å². The van der Waals surface area contributed by atoms with Gasteiger partial charge in [-0.1, -0.05) is 13.2 Å². The normalized spacial score (nSPS) is 11.7. The summed E-state index contributed by atoms with van der Waals surface area (Å²) in [6.45, 7) is 12.4. The average molecular weight is 430 g/mol. The Balaban J connectivity index is 1.85. The number of anilines is 1. The van der Waals surface area contributed by atoms with E-state index < -0.39 is 18.6 Å². The van der Waals surface area contributed by atoms with Gasteiger partial charge in [-0.05, 0) is 44.0 Å². The second kappa shape index (κ2) is 8.79. The molecule has 0 atom stereocenters. The third-order valence-electron chi connectivity index (χ3n) is 4.64. The Labute approximate surface area is 178 Å². The van der Waals surface area contributed by atoms with Crippen molar-refractivity contribution in [1.29, 1.82) is 0 Å². The van der Waals surface area contributed by atoms with Gasteiger partial charge in [-0.3, -0.25) is 0 Å². The molecule has 3 aromatic heterocycles. The Morgan fingerprint density at radius 3 is 2.61 bits per heavy atom. The fourth-order valence-electron chi connectivity index (χ4n) is 2.99. The predicted molar refractivity (Wildman–Crippen MR) is 117 cm³/mol. The third-order valence-corrected chi connectivity index (χ3v) is 4.64. The quantitative estimate of drug-likeness (QED) is 0.524. The van der Waals surface area contributed by atoms with Gasteiger partial charge in [0.1, 0.15) is 5.67 Å². The van der Waals surface area contributed by atoms with Gasteiger partial charge in [-0.15, -0.1) is 0 Å². The molecule has 0 fully saturated rings. The van der Waals surface area contributed by atoms with Gasteiger partial charge in [-0.2, -0.15) is 5.10 Å². The van der Waals surface area contributed by atoms with E-state index in [1.54, 1.807) is 23.1 Å². The van der Waals surface area contributed by atoms with E-state index in [1.165, 1.54) is 13.8 Å². The number of fused-ring (bicyclic) bond motifs is 1. The first kappa shape index (κ1) is 22.3. The van der Waals surface area contributed by atoms with Crippen LogP contribution in [0.15, 0.2) is 43.9 Å². The van der Waals surface area contributed by atoms with E-state index in [4.69, 9.17) is 0 Å². The number of hydrogen-bond acceptors (Lipinski definition) is 5. The summed E-state index contributed by atoms with van der Waals surface area (Å²) in [6, 6.07) is 3.70. The van der Waals surface area contributed by atoms with Gasteiger partial charge in [0.25, 0.3) is 6.43 Å². The van der Waals surface area contributed by atoms with Gasteiger partial charge in [0.05, 0.1) is 30.5 Å². The molecule has 0 aromatic carbocycles. The van der Waals surface area contributed by atoms with Crippen molar-refractivity contribution in [2.24, 2.45) is 0 Å². The lowest BCUT2D eigenvalue weighted by atomic mass is 10.00. The number of aryl methyl sites for hydroxylation is 1. The molecule has 0 aliphatic heterocycles. The third kappa shape index (κ3) is 5.42. The van der Waals surface area contributed by atoms with Crippen LogP contribution in [0, 0.1) is 6.92 Å². The van der Waals surface area contributed by atoms with E-state index in [1.807, 2.05) is 19.1 Å². The summed E-state index contributed by atoms with van der Waals surface area (Å²) >= 11 is 0. The van der Waals surface area contributed by atoms with Crippen molar-refractivity contribution < 1.29 is 13.2 Å². The van der Waals surface area contributed by atoms with Crippen LogP contribution in [0.5, 0.6) is 0 Å². The van der Waals surface area contributed by atoms with Crippen LogP contribution in [0.4, 0.5) is 19.1 Å². The summed E-state index contributed by atoms with van der Waals surface area (Å²) in [7, 11) is 0. The maximum absolute atomic E-state index is 13.7. The average Bonchev–Trinajstić information content (AvgIpc) is 3.13. The first-order valence-corrected chi connectivity index (χ1v) is 9.70. The zero-order chi connectivity index (χ0) is 22.8. The number of hydrogen-bond donors (Lipinski definition) is 2. The molecule has 31 heavy (non-hydrogen) atoms. The van der Waals surface area contributed by atoms with Gasteiger partial charge in [-0.25, -0.2) is 27.7 Å². The van der Waals surface area contributed by atoms with Gasteiger partial charge >= 0.3 is 0 Å². The first-order valence-electron chi connectivity index (χ1n) is 9.70. The lowest BCUT2D eigenvalue weighted by Crippen LogP contribution is -2.25. The number of aromatic nitrogens is 4. The second-order valence-electron chi connectivity index (χ2n) is 7.80. The van der Waals surface area contributed by atoms with Gasteiger partial charge in [0.2, 0.25) is 5.95 Å². The fraction of sp³-hybridized carbons (Fsp3) is 0.318. The van der Waals surface area contributed by atoms with Crippen LogP contribution in [0.1, 0.15) is 36.2 Å². The van der Waals surface area contributed by atoms with E-state index in [2.05, 4.69) is 38.9 Å². The number of nitrogens with zero attached hydrogens (tertiary/aromatic N) is 4. The molecule has 0 spiro atoms. The Hall–Kier alpha value is -3.36. The van der Waals surface area contributed by atoms with Crippen molar-refractivity contribution in [3.63, 3.8) is 0 Å². The molecular weight excluding hydrogens is 405 g/mol. The zero-order valence-electron chi connectivity index (χ0n) is 17.7. The largest absolute Gasteiger partial charge is 0.379 e. The van der Waals surface area contributed by atoms with Crippen molar-refractivity contribution in [1.82, 2.24) is 24.9 Å². The lowest BCUT2D eigenvalue weighted by molar-refractivity contribution is 0.151. The highest BCUT2D eigenvalue weighted by Crippen LogP contribution is 2.27. The molecule has 3 rings (SSSR count). The van der Waals surface area contributed by atoms with E-state index in [0.29, 0.717) is 34.0 Å². The Bertz CT molecular complexity index is 1110. The van der Waals surface area contributed by atoms with E-state index in [-0.39, 0.29) is 6.54 Å². The molecular formula is C22H25F3N6. The molecule has 0 bridgehead atoms. The van der Waals surface area contributed by atoms with Crippen LogP contribution in [0.2, 0.25) is 0 Å². The first-order chi connectivity index (χ1) is 14.5. The van der Waals surface area contributed by atoms with Crippen molar-refractivity contribution >= 4 is 22.7 Å². The maximum atomic E-state index is 13.7. The number of rotatable bonds is 9. The highest BCUT2D eigenvalue weighted by atomic mass is 19.3. The molecule has 164 valence electrons. The maximum Gasteiger partial charge on any atom is 0.255 e. The summed E-state index contributed by atoms with van der Waals surface area (Å²) in [5.41, 5.74) is 3.23. The van der Waals surface area contributed by atoms with Crippen molar-refractivity contribution in [2.75, 3.05) is 18.4 Å². The Morgan fingerprint density at radius 2 is 1.97 bits per heavy atom. The zero-order valence-corrected chi connectivity index (χ0v) is 17.7.